The average molecular weight is 242 g/mol. The number of hydrogen-bond donors (Lipinski definition) is 1. The van der Waals surface area contributed by atoms with E-state index in [0.717, 1.165) is 19.7 Å². The van der Waals surface area contributed by atoms with E-state index in [9.17, 15) is 0 Å². The minimum atomic E-state index is 0.561. The normalized spacial score (nSPS) is 21.4. The van der Waals surface area contributed by atoms with Crippen LogP contribution in [0.3, 0.4) is 0 Å². The highest BCUT2D eigenvalue weighted by Gasteiger charge is 2.22. The molecule has 1 N–H and O–H groups in total. The lowest BCUT2D eigenvalue weighted by atomic mass is 9.85. The van der Waals surface area contributed by atoms with E-state index in [1.54, 1.807) is 7.11 Å². The number of nitrogens with one attached hydrogen (secondary N) is 1. The third-order valence-electron chi connectivity index (χ3n) is 3.74. The fourth-order valence-electron chi connectivity index (χ4n) is 2.43. The average Bonchev–Trinajstić information content (AvgIpc) is 2.45. The predicted octanol–water partition coefficient (Wildman–Crippen LogP) is 2.12. The standard InChI is InChI=1S/C14H30N2O/c1-14(2)6-4-10-16(12-7-14)11-5-8-15-9-13-17-3/h15H,4-13H2,1-3H3. The Kier molecular flexibility index (Phi) is 7.09. The first kappa shape index (κ1) is 14.9. The second-order valence-electron chi connectivity index (χ2n) is 5.96. The summed E-state index contributed by atoms with van der Waals surface area (Å²) in [6.07, 6.45) is 5.36. The molecule has 0 radical (unpaired) electrons. The molecule has 1 fully saturated rings. The summed E-state index contributed by atoms with van der Waals surface area (Å²) in [5.41, 5.74) is 0.561. The van der Waals surface area contributed by atoms with E-state index in [1.165, 1.54) is 45.3 Å². The molecular weight excluding hydrogens is 212 g/mol. The Hall–Kier alpha value is -0.120. The van der Waals surface area contributed by atoms with Gasteiger partial charge in [-0.3, -0.25) is 0 Å². The molecule has 3 nitrogen and oxygen atoms in total. The van der Waals surface area contributed by atoms with Crippen molar-refractivity contribution in [1.29, 1.82) is 0 Å². The minimum absolute atomic E-state index is 0.561. The van der Waals surface area contributed by atoms with Crippen molar-refractivity contribution in [1.82, 2.24) is 10.2 Å². The van der Waals surface area contributed by atoms with Gasteiger partial charge >= 0.3 is 0 Å². The summed E-state index contributed by atoms with van der Waals surface area (Å²) >= 11 is 0. The van der Waals surface area contributed by atoms with Crippen LogP contribution in [0.15, 0.2) is 0 Å². The quantitative estimate of drug-likeness (QED) is 0.692. The summed E-state index contributed by atoms with van der Waals surface area (Å²) < 4.78 is 5.00. The molecule has 0 aromatic carbocycles. The molecule has 1 aliphatic heterocycles. The van der Waals surface area contributed by atoms with Crippen molar-refractivity contribution in [3.63, 3.8) is 0 Å². The van der Waals surface area contributed by atoms with Gasteiger partial charge in [0.2, 0.25) is 0 Å². The lowest BCUT2D eigenvalue weighted by Gasteiger charge is -2.23. The Bertz CT molecular complexity index is 195. The molecular formula is C14H30N2O. The van der Waals surface area contributed by atoms with Gasteiger partial charge in [0.1, 0.15) is 0 Å². The van der Waals surface area contributed by atoms with E-state index in [2.05, 4.69) is 24.1 Å². The zero-order valence-corrected chi connectivity index (χ0v) is 11.9. The van der Waals surface area contributed by atoms with Gasteiger partial charge in [-0.15, -0.1) is 0 Å². The van der Waals surface area contributed by atoms with E-state index < -0.39 is 0 Å². The first-order valence-corrected chi connectivity index (χ1v) is 7.06. The molecule has 0 amide bonds. The van der Waals surface area contributed by atoms with Crippen LogP contribution >= 0.6 is 0 Å². The SMILES string of the molecule is COCCNCCCN1CCCC(C)(C)CC1. The van der Waals surface area contributed by atoms with Crippen LogP contribution in [-0.4, -0.2) is 51.3 Å². The van der Waals surface area contributed by atoms with Crippen LogP contribution in [0.5, 0.6) is 0 Å². The van der Waals surface area contributed by atoms with Gasteiger partial charge in [-0.2, -0.15) is 0 Å². The van der Waals surface area contributed by atoms with Crippen molar-refractivity contribution in [3.05, 3.63) is 0 Å². The number of methoxy groups -OCH3 is 1. The molecule has 0 unspecified atom stereocenters. The van der Waals surface area contributed by atoms with Crippen LogP contribution in [0.4, 0.5) is 0 Å². The Morgan fingerprint density at radius 3 is 2.76 bits per heavy atom. The van der Waals surface area contributed by atoms with Gasteiger partial charge < -0.3 is 15.0 Å². The summed E-state index contributed by atoms with van der Waals surface area (Å²) in [5, 5.41) is 3.41. The second kappa shape index (κ2) is 8.06. The molecule has 1 aliphatic rings. The number of rotatable bonds is 7. The van der Waals surface area contributed by atoms with E-state index in [-0.39, 0.29) is 0 Å². The maximum atomic E-state index is 5.00. The van der Waals surface area contributed by atoms with Crippen molar-refractivity contribution in [2.75, 3.05) is 46.4 Å². The van der Waals surface area contributed by atoms with E-state index in [0.29, 0.717) is 5.41 Å². The Morgan fingerprint density at radius 2 is 2.00 bits per heavy atom. The fraction of sp³-hybridized carbons (Fsp3) is 1.00. The maximum absolute atomic E-state index is 5.00. The summed E-state index contributed by atoms with van der Waals surface area (Å²) in [5.74, 6) is 0. The summed E-state index contributed by atoms with van der Waals surface area (Å²) in [6, 6.07) is 0. The van der Waals surface area contributed by atoms with E-state index in [4.69, 9.17) is 4.74 Å². The molecule has 0 aromatic heterocycles. The minimum Gasteiger partial charge on any atom is -0.383 e. The van der Waals surface area contributed by atoms with Gasteiger partial charge in [0.15, 0.2) is 0 Å². The molecule has 17 heavy (non-hydrogen) atoms. The van der Waals surface area contributed by atoms with Gasteiger partial charge in [0, 0.05) is 13.7 Å². The van der Waals surface area contributed by atoms with Crippen molar-refractivity contribution < 1.29 is 4.74 Å². The molecule has 0 saturated carbocycles. The van der Waals surface area contributed by atoms with Crippen LogP contribution in [0, 0.1) is 5.41 Å². The highest BCUT2D eigenvalue weighted by Crippen LogP contribution is 2.29. The number of nitrogens with zero attached hydrogens (tertiary/aromatic N) is 1. The lowest BCUT2D eigenvalue weighted by molar-refractivity contribution is 0.198. The van der Waals surface area contributed by atoms with Crippen LogP contribution < -0.4 is 5.32 Å². The van der Waals surface area contributed by atoms with Crippen LogP contribution in [0.25, 0.3) is 0 Å². The summed E-state index contributed by atoms with van der Waals surface area (Å²) in [6.45, 7) is 11.5. The van der Waals surface area contributed by atoms with Crippen LogP contribution in [-0.2, 0) is 4.74 Å². The Morgan fingerprint density at radius 1 is 1.18 bits per heavy atom. The molecule has 0 bridgehead atoms. The summed E-state index contributed by atoms with van der Waals surface area (Å²) in [7, 11) is 1.75. The van der Waals surface area contributed by atoms with Crippen molar-refractivity contribution >= 4 is 0 Å². The smallest absolute Gasteiger partial charge is 0.0587 e. The number of hydrogen-bond acceptors (Lipinski definition) is 3. The van der Waals surface area contributed by atoms with E-state index >= 15 is 0 Å². The number of likely N-dealkylation sites (tertiary alicyclic amines) is 1. The molecule has 102 valence electrons. The summed E-state index contributed by atoms with van der Waals surface area (Å²) in [4.78, 5) is 2.63. The number of ether oxygens (including phenoxy) is 1. The van der Waals surface area contributed by atoms with E-state index in [1.807, 2.05) is 0 Å². The van der Waals surface area contributed by atoms with Gasteiger partial charge in [-0.25, -0.2) is 0 Å². The molecule has 1 saturated heterocycles. The Labute approximate surface area is 107 Å². The monoisotopic (exact) mass is 242 g/mol. The first-order chi connectivity index (χ1) is 8.14. The predicted molar refractivity (Wildman–Crippen MR) is 73.4 cm³/mol. The zero-order valence-electron chi connectivity index (χ0n) is 11.9. The molecule has 0 spiro atoms. The molecule has 0 atom stereocenters. The maximum Gasteiger partial charge on any atom is 0.0587 e. The second-order valence-corrected chi connectivity index (χ2v) is 5.96. The third-order valence-corrected chi connectivity index (χ3v) is 3.74. The molecule has 0 aliphatic carbocycles. The van der Waals surface area contributed by atoms with Crippen molar-refractivity contribution in [2.24, 2.45) is 5.41 Å². The van der Waals surface area contributed by atoms with Gasteiger partial charge in [0.05, 0.1) is 6.61 Å². The van der Waals surface area contributed by atoms with Crippen LogP contribution in [0.2, 0.25) is 0 Å². The first-order valence-electron chi connectivity index (χ1n) is 7.06. The lowest BCUT2D eigenvalue weighted by Crippen LogP contribution is -2.29. The molecule has 3 heteroatoms. The fourth-order valence-corrected chi connectivity index (χ4v) is 2.43. The highest BCUT2D eigenvalue weighted by molar-refractivity contribution is 4.76. The zero-order chi connectivity index (χ0) is 12.6. The van der Waals surface area contributed by atoms with Gasteiger partial charge in [-0.05, 0) is 57.3 Å². The third kappa shape index (κ3) is 7.02. The highest BCUT2D eigenvalue weighted by atomic mass is 16.5. The molecule has 1 rings (SSSR count). The largest absolute Gasteiger partial charge is 0.383 e. The van der Waals surface area contributed by atoms with Gasteiger partial charge in [-0.1, -0.05) is 13.8 Å². The van der Waals surface area contributed by atoms with Crippen LogP contribution in [0.1, 0.15) is 39.5 Å². The Balaban J connectivity index is 2.03. The van der Waals surface area contributed by atoms with Gasteiger partial charge in [0.25, 0.3) is 0 Å². The molecule has 1 heterocycles. The van der Waals surface area contributed by atoms with Crippen molar-refractivity contribution in [3.8, 4) is 0 Å². The van der Waals surface area contributed by atoms with Crippen molar-refractivity contribution in [2.45, 2.75) is 39.5 Å². The topological polar surface area (TPSA) is 24.5 Å². The molecule has 0 aromatic rings.